The number of carbonyl (C=O) groups excluding carboxylic acids is 1. The number of aromatic nitrogens is 3. The Morgan fingerprint density at radius 3 is 2.82 bits per heavy atom. The highest BCUT2D eigenvalue weighted by atomic mass is 16.1. The number of nitrogens with zero attached hydrogens (tertiary/aromatic N) is 3. The van der Waals surface area contributed by atoms with Crippen LogP contribution in [0.5, 0.6) is 0 Å². The van der Waals surface area contributed by atoms with Crippen LogP contribution < -0.4 is 5.32 Å². The van der Waals surface area contributed by atoms with Crippen LogP contribution in [0.2, 0.25) is 0 Å². The van der Waals surface area contributed by atoms with Crippen LogP contribution in [0.25, 0.3) is 0 Å². The third kappa shape index (κ3) is 2.96. The van der Waals surface area contributed by atoms with E-state index in [1.165, 1.54) is 0 Å². The molecule has 0 radical (unpaired) electrons. The first-order valence-corrected chi connectivity index (χ1v) is 5.71. The van der Waals surface area contributed by atoms with Crippen LogP contribution >= 0.6 is 0 Å². The molecule has 0 atom stereocenters. The Labute approximate surface area is 100 Å². The molecule has 0 saturated carbocycles. The number of nitrogens with one attached hydrogen (secondary N) is 1. The zero-order chi connectivity index (χ0) is 12.1. The van der Waals surface area contributed by atoms with Crippen molar-refractivity contribution in [2.24, 2.45) is 0 Å². The van der Waals surface area contributed by atoms with Gasteiger partial charge in [-0.3, -0.25) is 9.48 Å². The summed E-state index contributed by atoms with van der Waals surface area (Å²) in [5.41, 5.74) is 0.611. The smallest absolute Gasteiger partial charge is 0.254 e. The molecule has 1 amide bonds. The highest BCUT2D eigenvalue weighted by Crippen LogP contribution is 1.97. The number of hydrogen-bond donors (Lipinski definition) is 1. The predicted octanol–water partition coefficient (Wildman–Crippen LogP) is 1.13. The topological polar surface area (TPSA) is 51.9 Å². The Kier molecular flexibility index (Phi) is 3.59. The number of hydrogen-bond acceptors (Lipinski definition) is 2. The lowest BCUT2D eigenvalue weighted by Gasteiger charge is -2.04. The van der Waals surface area contributed by atoms with Crippen LogP contribution in [-0.4, -0.2) is 26.8 Å². The highest BCUT2D eigenvalue weighted by Gasteiger charge is 2.06. The number of rotatable bonds is 5. The molecule has 1 N–H and O–H groups in total. The fourth-order valence-corrected chi connectivity index (χ4v) is 1.57. The van der Waals surface area contributed by atoms with Crippen LogP contribution in [0.1, 0.15) is 17.3 Å². The Morgan fingerprint density at radius 1 is 1.41 bits per heavy atom. The molecule has 2 rings (SSSR count). The molecular formula is C12H16N4O. The summed E-state index contributed by atoms with van der Waals surface area (Å²) in [6.45, 7) is 4.16. The second kappa shape index (κ2) is 5.34. The molecule has 2 heterocycles. The first-order valence-electron chi connectivity index (χ1n) is 5.71. The van der Waals surface area contributed by atoms with Gasteiger partial charge in [0, 0.05) is 38.2 Å². The summed E-state index contributed by atoms with van der Waals surface area (Å²) < 4.78 is 3.76. The average molecular weight is 232 g/mol. The minimum absolute atomic E-state index is 0.0724. The molecule has 5 heteroatoms. The minimum atomic E-state index is -0.0724. The molecule has 0 aromatic carbocycles. The number of carbonyl (C=O) groups is 1. The molecule has 5 nitrogen and oxygen atoms in total. The van der Waals surface area contributed by atoms with Gasteiger partial charge in [0.1, 0.15) is 0 Å². The first-order chi connectivity index (χ1) is 8.29. The first kappa shape index (κ1) is 11.4. The summed E-state index contributed by atoms with van der Waals surface area (Å²) in [5, 5.41) is 6.93. The SMILES string of the molecule is CCn1cc(C(=O)NCCn2cccc2)cn1. The average Bonchev–Trinajstić information content (AvgIpc) is 2.99. The number of amides is 1. The number of aryl methyl sites for hydroxylation is 1. The van der Waals surface area contributed by atoms with Crippen molar-refractivity contribution in [3.8, 4) is 0 Å². The fraction of sp³-hybridized carbons (Fsp3) is 0.333. The maximum Gasteiger partial charge on any atom is 0.254 e. The zero-order valence-corrected chi connectivity index (χ0v) is 9.84. The third-order valence-electron chi connectivity index (χ3n) is 2.54. The van der Waals surface area contributed by atoms with E-state index in [1.807, 2.05) is 36.0 Å². The van der Waals surface area contributed by atoms with Gasteiger partial charge in [-0.2, -0.15) is 5.10 Å². The van der Waals surface area contributed by atoms with E-state index in [9.17, 15) is 4.79 Å². The van der Waals surface area contributed by atoms with Gasteiger partial charge >= 0.3 is 0 Å². The molecule has 0 aliphatic heterocycles. The van der Waals surface area contributed by atoms with E-state index in [-0.39, 0.29) is 5.91 Å². The van der Waals surface area contributed by atoms with E-state index in [0.717, 1.165) is 13.1 Å². The molecule has 0 spiro atoms. The van der Waals surface area contributed by atoms with Crippen molar-refractivity contribution in [3.05, 3.63) is 42.5 Å². The Morgan fingerprint density at radius 2 is 2.18 bits per heavy atom. The van der Waals surface area contributed by atoms with Crippen LogP contribution in [0.4, 0.5) is 0 Å². The van der Waals surface area contributed by atoms with Gasteiger partial charge in [0.05, 0.1) is 11.8 Å². The lowest BCUT2D eigenvalue weighted by Crippen LogP contribution is -2.26. The maximum atomic E-state index is 11.7. The summed E-state index contributed by atoms with van der Waals surface area (Å²) >= 11 is 0. The fourth-order valence-electron chi connectivity index (χ4n) is 1.57. The van der Waals surface area contributed by atoms with E-state index >= 15 is 0 Å². The Hall–Kier alpha value is -2.04. The quantitative estimate of drug-likeness (QED) is 0.840. The van der Waals surface area contributed by atoms with E-state index in [0.29, 0.717) is 12.1 Å². The van der Waals surface area contributed by atoms with Crippen LogP contribution in [0.3, 0.4) is 0 Å². The van der Waals surface area contributed by atoms with Gasteiger partial charge in [-0.05, 0) is 19.1 Å². The largest absolute Gasteiger partial charge is 0.353 e. The van der Waals surface area contributed by atoms with E-state index in [4.69, 9.17) is 0 Å². The van der Waals surface area contributed by atoms with Crippen molar-refractivity contribution in [1.29, 1.82) is 0 Å². The molecular weight excluding hydrogens is 216 g/mol. The molecule has 0 saturated heterocycles. The van der Waals surface area contributed by atoms with Gasteiger partial charge < -0.3 is 9.88 Å². The van der Waals surface area contributed by atoms with Gasteiger partial charge in [-0.25, -0.2) is 0 Å². The van der Waals surface area contributed by atoms with Crippen molar-refractivity contribution >= 4 is 5.91 Å². The standard InChI is InChI=1S/C12H16N4O/c1-2-16-10-11(9-14-16)12(17)13-5-8-15-6-3-4-7-15/h3-4,6-7,9-10H,2,5,8H2,1H3,(H,13,17). The normalized spacial score (nSPS) is 10.4. The van der Waals surface area contributed by atoms with Gasteiger partial charge in [0.15, 0.2) is 0 Å². The molecule has 90 valence electrons. The van der Waals surface area contributed by atoms with Crippen LogP contribution in [0, 0.1) is 0 Å². The molecule has 0 unspecified atom stereocenters. The third-order valence-corrected chi connectivity index (χ3v) is 2.54. The zero-order valence-electron chi connectivity index (χ0n) is 9.84. The predicted molar refractivity (Wildman–Crippen MR) is 64.7 cm³/mol. The maximum absolute atomic E-state index is 11.7. The van der Waals surface area contributed by atoms with E-state index < -0.39 is 0 Å². The Bertz CT molecular complexity index is 472. The van der Waals surface area contributed by atoms with Crippen molar-refractivity contribution in [2.75, 3.05) is 6.54 Å². The van der Waals surface area contributed by atoms with Gasteiger partial charge in [0.2, 0.25) is 0 Å². The molecule has 0 fully saturated rings. The Balaban J connectivity index is 1.81. The molecule has 0 bridgehead atoms. The minimum Gasteiger partial charge on any atom is -0.353 e. The molecule has 2 aromatic rings. The van der Waals surface area contributed by atoms with Crippen molar-refractivity contribution in [1.82, 2.24) is 19.7 Å². The molecule has 0 aliphatic rings. The van der Waals surface area contributed by atoms with E-state index in [1.54, 1.807) is 17.1 Å². The van der Waals surface area contributed by atoms with Gasteiger partial charge in [-0.1, -0.05) is 0 Å². The molecule has 0 aliphatic carbocycles. The highest BCUT2D eigenvalue weighted by molar-refractivity contribution is 5.93. The van der Waals surface area contributed by atoms with Crippen LogP contribution in [0.15, 0.2) is 36.9 Å². The monoisotopic (exact) mass is 232 g/mol. The lowest BCUT2D eigenvalue weighted by atomic mass is 10.3. The van der Waals surface area contributed by atoms with Crippen molar-refractivity contribution in [2.45, 2.75) is 20.0 Å². The van der Waals surface area contributed by atoms with Crippen LogP contribution in [-0.2, 0) is 13.1 Å². The summed E-state index contributed by atoms with van der Waals surface area (Å²) in [4.78, 5) is 11.7. The summed E-state index contributed by atoms with van der Waals surface area (Å²) in [7, 11) is 0. The summed E-state index contributed by atoms with van der Waals surface area (Å²) in [6, 6.07) is 3.93. The second-order valence-electron chi connectivity index (χ2n) is 3.76. The van der Waals surface area contributed by atoms with Crippen molar-refractivity contribution < 1.29 is 4.79 Å². The molecule has 17 heavy (non-hydrogen) atoms. The van der Waals surface area contributed by atoms with E-state index in [2.05, 4.69) is 10.4 Å². The second-order valence-corrected chi connectivity index (χ2v) is 3.76. The molecule has 2 aromatic heterocycles. The van der Waals surface area contributed by atoms with Crippen molar-refractivity contribution in [3.63, 3.8) is 0 Å². The lowest BCUT2D eigenvalue weighted by molar-refractivity contribution is 0.0952. The summed E-state index contributed by atoms with van der Waals surface area (Å²) in [6.07, 6.45) is 7.29. The summed E-state index contributed by atoms with van der Waals surface area (Å²) in [5.74, 6) is -0.0724. The van der Waals surface area contributed by atoms with Gasteiger partial charge in [-0.15, -0.1) is 0 Å². The van der Waals surface area contributed by atoms with Gasteiger partial charge in [0.25, 0.3) is 5.91 Å².